The van der Waals surface area contributed by atoms with E-state index in [4.69, 9.17) is 16.3 Å². The third kappa shape index (κ3) is 5.93. The topological polar surface area (TPSA) is 98.5 Å². The van der Waals surface area contributed by atoms with Crippen LogP contribution >= 0.6 is 23.4 Å². The number of esters is 1. The van der Waals surface area contributed by atoms with E-state index >= 15 is 0 Å². The average Bonchev–Trinajstić information content (AvgIpc) is 2.62. The first kappa shape index (κ1) is 20.7. The van der Waals surface area contributed by atoms with Gasteiger partial charge in [-0.3, -0.25) is 19.7 Å². The molecule has 142 valence electrons. The molecule has 0 fully saturated rings. The lowest BCUT2D eigenvalue weighted by molar-refractivity contribution is -0.387. The van der Waals surface area contributed by atoms with Crippen molar-refractivity contribution in [3.05, 3.63) is 63.4 Å². The number of nitro benzene ring substituents is 1. The Morgan fingerprint density at radius 2 is 2.04 bits per heavy atom. The average molecular weight is 413 g/mol. The van der Waals surface area contributed by atoms with Crippen LogP contribution in [0.4, 0.5) is 15.8 Å². The predicted molar refractivity (Wildman–Crippen MR) is 99.4 cm³/mol. The van der Waals surface area contributed by atoms with Crippen LogP contribution in [0.5, 0.6) is 0 Å². The summed E-state index contributed by atoms with van der Waals surface area (Å²) in [5.74, 6) is -2.41. The van der Waals surface area contributed by atoms with E-state index in [1.54, 1.807) is 6.07 Å². The normalized spacial score (nSPS) is 11.5. The minimum atomic E-state index is -1.18. The van der Waals surface area contributed by atoms with Gasteiger partial charge in [0.1, 0.15) is 5.82 Å². The molecule has 1 N–H and O–H groups in total. The maximum atomic E-state index is 13.7. The van der Waals surface area contributed by atoms with Crippen molar-refractivity contribution < 1.29 is 23.6 Å². The zero-order chi connectivity index (χ0) is 20.0. The van der Waals surface area contributed by atoms with Crippen LogP contribution in [0.25, 0.3) is 0 Å². The van der Waals surface area contributed by atoms with E-state index in [1.165, 1.54) is 37.3 Å². The lowest BCUT2D eigenvalue weighted by Crippen LogP contribution is -2.30. The maximum absolute atomic E-state index is 13.7. The van der Waals surface area contributed by atoms with Crippen molar-refractivity contribution in [3.8, 4) is 0 Å². The molecule has 0 bridgehead atoms. The summed E-state index contributed by atoms with van der Waals surface area (Å²) in [6, 6.07) is 9.69. The Kier molecular flexibility index (Phi) is 7.14. The molecule has 2 aromatic rings. The number of anilines is 1. The summed E-state index contributed by atoms with van der Waals surface area (Å²) in [6.07, 6.45) is -1.18. The van der Waals surface area contributed by atoms with Crippen LogP contribution in [0.15, 0.2) is 47.4 Å². The Labute approximate surface area is 163 Å². The van der Waals surface area contributed by atoms with Gasteiger partial charge in [-0.25, -0.2) is 4.39 Å². The third-order valence-electron chi connectivity index (χ3n) is 3.27. The Morgan fingerprint density at radius 3 is 2.70 bits per heavy atom. The van der Waals surface area contributed by atoms with Gasteiger partial charge >= 0.3 is 5.97 Å². The molecule has 0 aliphatic rings. The number of ether oxygens (including phenoxy) is 1. The van der Waals surface area contributed by atoms with Crippen LogP contribution in [0.3, 0.4) is 0 Å². The zero-order valence-electron chi connectivity index (χ0n) is 14.0. The van der Waals surface area contributed by atoms with E-state index in [9.17, 15) is 24.1 Å². The molecule has 7 nitrogen and oxygen atoms in total. The lowest BCUT2D eigenvalue weighted by atomic mass is 10.3. The number of nitrogens with one attached hydrogen (secondary N) is 1. The molecule has 2 aromatic carbocycles. The molecule has 0 unspecified atom stereocenters. The summed E-state index contributed by atoms with van der Waals surface area (Å²) in [4.78, 5) is 34.6. The Bertz CT molecular complexity index is 880. The van der Waals surface area contributed by atoms with Gasteiger partial charge in [0.2, 0.25) is 0 Å². The van der Waals surface area contributed by atoms with Crippen LogP contribution in [0, 0.1) is 15.9 Å². The number of rotatable bonds is 7. The van der Waals surface area contributed by atoms with Gasteiger partial charge in [0.05, 0.1) is 21.3 Å². The van der Waals surface area contributed by atoms with E-state index in [0.717, 1.165) is 17.8 Å². The van der Waals surface area contributed by atoms with Crippen LogP contribution in [-0.2, 0) is 14.3 Å². The molecular formula is C17H14ClFN2O5S. The third-order valence-corrected chi connectivity index (χ3v) is 4.55. The van der Waals surface area contributed by atoms with Crippen molar-refractivity contribution in [2.75, 3.05) is 11.1 Å². The smallest absolute Gasteiger partial charge is 0.317 e. The molecule has 27 heavy (non-hydrogen) atoms. The van der Waals surface area contributed by atoms with Crippen LogP contribution in [0.1, 0.15) is 6.92 Å². The summed E-state index contributed by atoms with van der Waals surface area (Å²) in [5.41, 5.74) is -0.221. The van der Waals surface area contributed by atoms with Crippen LogP contribution in [0.2, 0.25) is 5.02 Å². The minimum Gasteiger partial charge on any atom is -0.452 e. The highest BCUT2D eigenvalue weighted by atomic mass is 35.5. The molecule has 0 aliphatic heterocycles. The van der Waals surface area contributed by atoms with Gasteiger partial charge in [-0.15, -0.1) is 11.8 Å². The predicted octanol–water partition coefficient (Wildman–Crippen LogP) is 4.05. The van der Waals surface area contributed by atoms with Crippen molar-refractivity contribution in [2.24, 2.45) is 0 Å². The van der Waals surface area contributed by atoms with Gasteiger partial charge < -0.3 is 10.1 Å². The number of para-hydroxylation sites is 1. The summed E-state index contributed by atoms with van der Waals surface area (Å²) in [5, 5.41) is 13.4. The van der Waals surface area contributed by atoms with Gasteiger partial charge in [-0.2, -0.15) is 0 Å². The van der Waals surface area contributed by atoms with Gasteiger partial charge in [-0.1, -0.05) is 23.7 Å². The number of halogens is 2. The molecule has 0 saturated heterocycles. The number of carbonyl (C=O) groups is 2. The number of benzene rings is 2. The summed E-state index contributed by atoms with van der Waals surface area (Å²) < 4.78 is 18.7. The molecule has 10 heteroatoms. The zero-order valence-corrected chi connectivity index (χ0v) is 15.6. The highest BCUT2D eigenvalue weighted by Crippen LogP contribution is 2.28. The van der Waals surface area contributed by atoms with Crippen molar-refractivity contribution in [3.63, 3.8) is 0 Å². The monoisotopic (exact) mass is 412 g/mol. The number of nitro groups is 1. The molecule has 0 aliphatic carbocycles. The molecule has 2 rings (SSSR count). The van der Waals surface area contributed by atoms with Crippen molar-refractivity contribution >= 4 is 46.6 Å². The number of nitrogens with zero attached hydrogens (tertiary/aromatic N) is 1. The lowest BCUT2D eigenvalue weighted by Gasteiger charge is -2.14. The summed E-state index contributed by atoms with van der Waals surface area (Å²) >= 11 is 6.56. The van der Waals surface area contributed by atoms with E-state index in [0.29, 0.717) is 4.90 Å². The SMILES string of the molecule is C[C@H](OC(=O)CSc1ccccc1[N+](=O)[O-])C(=O)Nc1ccc(Cl)cc1F. The quantitative estimate of drug-likeness (QED) is 0.319. The molecular weight excluding hydrogens is 399 g/mol. The van der Waals surface area contributed by atoms with Gasteiger partial charge in [0, 0.05) is 11.1 Å². The maximum Gasteiger partial charge on any atom is 0.317 e. The van der Waals surface area contributed by atoms with Crippen LogP contribution < -0.4 is 5.32 Å². The highest BCUT2D eigenvalue weighted by Gasteiger charge is 2.20. The minimum absolute atomic E-state index is 0.0958. The van der Waals surface area contributed by atoms with E-state index in [2.05, 4.69) is 5.32 Å². The molecule has 0 aromatic heterocycles. The van der Waals surface area contributed by atoms with Crippen molar-refractivity contribution in [1.29, 1.82) is 0 Å². The summed E-state index contributed by atoms with van der Waals surface area (Å²) in [7, 11) is 0. The second-order valence-corrected chi connectivity index (χ2v) is 6.71. The van der Waals surface area contributed by atoms with Gasteiger partial charge in [0.25, 0.3) is 11.6 Å². The Morgan fingerprint density at radius 1 is 1.33 bits per heavy atom. The van der Waals surface area contributed by atoms with Crippen molar-refractivity contribution in [1.82, 2.24) is 0 Å². The number of carbonyl (C=O) groups excluding carboxylic acids is 2. The standard InChI is InChI=1S/C17H14ClFN2O5S/c1-10(17(23)20-13-7-6-11(18)8-12(13)19)26-16(22)9-27-15-5-3-2-4-14(15)21(24)25/h2-8,10H,9H2,1H3,(H,20,23)/t10-/m0/s1. The number of thioether (sulfide) groups is 1. The first-order valence-corrected chi connectivity index (χ1v) is 8.96. The second kappa shape index (κ2) is 9.33. The van der Waals surface area contributed by atoms with E-state index in [-0.39, 0.29) is 22.2 Å². The van der Waals surface area contributed by atoms with Crippen LogP contribution in [-0.4, -0.2) is 28.7 Å². The molecule has 0 spiro atoms. The highest BCUT2D eigenvalue weighted by molar-refractivity contribution is 8.00. The van der Waals surface area contributed by atoms with Gasteiger partial charge in [0.15, 0.2) is 6.10 Å². The molecule has 0 heterocycles. The van der Waals surface area contributed by atoms with Crippen molar-refractivity contribution in [2.45, 2.75) is 17.9 Å². The van der Waals surface area contributed by atoms with Gasteiger partial charge in [-0.05, 0) is 31.2 Å². The molecule has 0 saturated carbocycles. The fourth-order valence-corrected chi connectivity index (χ4v) is 2.94. The number of hydrogen-bond donors (Lipinski definition) is 1. The second-order valence-electron chi connectivity index (χ2n) is 5.26. The fraction of sp³-hybridized carbons (Fsp3) is 0.176. The van der Waals surface area contributed by atoms with E-state index in [1.807, 2.05) is 0 Å². The first-order valence-electron chi connectivity index (χ1n) is 7.59. The number of hydrogen-bond acceptors (Lipinski definition) is 6. The first-order chi connectivity index (χ1) is 12.8. The summed E-state index contributed by atoms with van der Waals surface area (Å²) in [6.45, 7) is 1.33. The largest absolute Gasteiger partial charge is 0.452 e. The Hall–Kier alpha value is -2.65. The van der Waals surface area contributed by atoms with E-state index < -0.39 is 28.7 Å². The molecule has 1 atom stereocenters. The molecule has 1 amide bonds. The molecule has 0 radical (unpaired) electrons. The Balaban J connectivity index is 1.89. The number of amides is 1. The fourth-order valence-electron chi connectivity index (χ4n) is 1.98.